The second-order valence-corrected chi connectivity index (χ2v) is 4.05. The molecule has 1 fully saturated rings. The zero-order chi connectivity index (χ0) is 10.5. The van der Waals surface area contributed by atoms with Crippen LogP contribution in [0.15, 0.2) is 18.6 Å². The van der Waals surface area contributed by atoms with Gasteiger partial charge in [0.25, 0.3) is 0 Å². The zero-order valence-electron chi connectivity index (χ0n) is 9.52. The third-order valence-electron chi connectivity index (χ3n) is 2.86. The average molecular weight is 243 g/mol. The van der Waals surface area contributed by atoms with Gasteiger partial charge in [-0.2, -0.15) is 0 Å². The number of nitrogens with one attached hydrogen (secondary N) is 2. The van der Waals surface area contributed by atoms with Gasteiger partial charge in [0.2, 0.25) is 0 Å². The second-order valence-electron chi connectivity index (χ2n) is 4.05. The third kappa shape index (κ3) is 3.70. The first-order chi connectivity index (χ1) is 7.36. The Morgan fingerprint density at radius 1 is 1.56 bits per heavy atom. The Morgan fingerprint density at radius 3 is 3.06 bits per heavy atom. The van der Waals surface area contributed by atoms with Gasteiger partial charge in [-0.05, 0) is 26.3 Å². The Balaban J connectivity index is 0.00000128. The van der Waals surface area contributed by atoms with Crippen molar-refractivity contribution in [3.05, 3.63) is 24.3 Å². The van der Waals surface area contributed by atoms with E-state index in [9.17, 15) is 0 Å². The normalized spacial score (nSPS) is 21.4. The molecule has 1 aromatic heterocycles. The molecule has 5 heteroatoms. The van der Waals surface area contributed by atoms with Gasteiger partial charge in [-0.1, -0.05) is 0 Å². The van der Waals surface area contributed by atoms with Crippen LogP contribution >= 0.6 is 12.4 Å². The number of nitrogens with zero attached hydrogens (tertiary/aromatic N) is 2. The summed E-state index contributed by atoms with van der Waals surface area (Å²) in [5.74, 6) is 0. The highest BCUT2D eigenvalue weighted by molar-refractivity contribution is 5.85. The summed E-state index contributed by atoms with van der Waals surface area (Å²) in [4.78, 5) is 8.35. The van der Waals surface area contributed by atoms with Gasteiger partial charge in [-0.15, -0.1) is 12.4 Å². The van der Waals surface area contributed by atoms with Crippen molar-refractivity contribution in [1.82, 2.24) is 20.6 Å². The molecule has 16 heavy (non-hydrogen) atoms. The van der Waals surface area contributed by atoms with Crippen molar-refractivity contribution in [2.45, 2.75) is 31.8 Å². The van der Waals surface area contributed by atoms with Gasteiger partial charge in [-0.25, -0.2) is 0 Å². The van der Waals surface area contributed by atoms with Gasteiger partial charge in [0.1, 0.15) is 0 Å². The lowest BCUT2D eigenvalue weighted by atomic mass is 10.2. The molecule has 2 atom stereocenters. The van der Waals surface area contributed by atoms with Gasteiger partial charge >= 0.3 is 0 Å². The van der Waals surface area contributed by atoms with E-state index in [2.05, 4.69) is 27.5 Å². The highest BCUT2D eigenvalue weighted by atomic mass is 35.5. The molecule has 4 nitrogen and oxygen atoms in total. The third-order valence-corrected chi connectivity index (χ3v) is 2.86. The summed E-state index contributed by atoms with van der Waals surface area (Å²) in [6, 6.07) is 0.908. The summed E-state index contributed by atoms with van der Waals surface area (Å²) in [5.41, 5.74) is 1.01. The predicted molar refractivity (Wildman–Crippen MR) is 66.7 cm³/mol. The fourth-order valence-electron chi connectivity index (χ4n) is 1.89. The summed E-state index contributed by atoms with van der Waals surface area (Å²) in [6.07, 6.45) is 7.84. The summed E-state index contributed by atoms with van der Waals surface area (Å²) < 4.78 is 0. The Labute approximate surface area is 103 Å². The topological polar surface area (TPSA) is 49.8 Å². The molecule has 0 spiro atoms. The van der Waals surface area contributed by atoms with Gasteiger partial charge in [-0.3, -0.25) is 9.97 Å². The Bertz CT molecular complexity index is 287. The van der Waals surface area contributed by atoms with Gasteiger partial charge in [0.05, 0.1) is 5.69 Å². The first kappa shape index (κ1) is 13.4. The monoisotopic (exact) mass is 242 g/mol. The van der Waals surface area contributed by atoms with Crippen LogP contribution in [0.5, 0.6) is 0 Å². The molecule has 2 unspecified atom stereocenters. The SMILES string of the molecule is CC(NCC1CCCN1)c1cnccn1.Cl. The maximum Gasteiger partial charge on any atom is 0.0753 e. The van der Waals surface area contributed by atoms with Crippen LogP contribution in [0.25, 0.3) is 0 Å². The van der Waals surface area contributed by atoms with Crippen LogP contribution < -0.4 is 10.6 Å². The maximum atomic E-state index is 4.28. The summed E-state index contributed by atoms with van der Waals surface area (Å²) in [6.45, 7) is 4.29. The Kier molecular flexibility index (Phi) is 5.66. The van der Waals surface area contributed by atoms with E-state index in [1.807, 2.05) is 6.20 Å². The summed E-state index contributed by atoms with van der Waals surface area (Å²) >= 11 is 0. The molecule has 90 valence electrons. The van der Waals surface area contributed by atoms with Gasteiger partial charge in [0, 0.05) is 37.2 Å². The van der Waals surface area contributed by atoms with Crippen LogP contribution in [0.1, 0.15) is 31.5 Å². The minimum atomic E-state index is 0. The van der Waals surface area contributed by atoms with Crippen LogP contribution in [0.3, 0.4) is 0 Å². The quantitative estimate of drug-likeness (QED) is 0.836. The van der Waals surface area contributed by atoms with E-state index in [-0.39, 0.29) is 18.4 Å². The van der Waals surface area contributed by atoms with E-state index in [4.69, 9.17) is 0 Å². The van der Waals surface area contributed by atoms with Crippen LogP contribution in [0.4, 0.5) is 0 Å². The highest BCUT2D eigenvalue weighted by Crippen LogP contribution is 2.08. The summed E-state index contributed by atoms with van der Waals surface area (Å²) in [7, 11) is 0. The minimum Gasteiger partial charge on any atom is -0.313 e. The lowest BCUT2D eigenvalue weighted by molar-refractivity contribution is 0.483. The van der Waals surface area contributed by atoms with Crippen LogP contribution in [-0.2, 0) is 0 Å². The van der Waals surface area contributed by atoms with Crippen LogP contribution in [0, 0.1) is 0 Å². The van der Waals surface area contributed by atoms with Crippen molar-refractivity contribution in [2.75, 3.05) is 13.1 Å². The molecule has 2 heterocycles. The smallest absolute Gasteiger partial charge is 0.0753 e. The molecular weight excluding hydrogens is 224 g/mol. The van der Waals surface area contributed by atoms with E-state index in [1.165, 1.54) is 12.8 Å². The molecule has 0 amide bonds. The minimum absolute atomic E-state index is 0. The van der Waals surface area contributed by atoms with E-state index in [0.717, 1.165) is 18.8 Å². The van der Waals surface area contributed by atoms with Crippen molar-refractivity contribution >= 4 is 12.4 Å². The van der Waals surface area contributed by atoms with Crippen molar-refractivity contribution in [3.8, 4) is 0 Å². The van der Waals surface area contributed by atoms with Gasteiger partial charge in [0.15, 0.2) is 0 Å². The van der Waals surface area contributed by atoms with E-state index < -0.39 is 0 Å². The lowest BCUT2D eigenvalue weighted by Gasteiger charge is -2.16. The number of halogens is 1. The zero-order valence-corrected chi connectivity index (χ0v) is 10.3. The molecule has 0 saturated carbocycles. The van der Waals surface area contributed by atoms with Crippen molar-refractivity contribution < 1.29 is 0 Å². The Hall–Kier alpha value is -0.710. The Morgan fingerprint density at radius 2 is 2.44 bits per heavy atom. The van der Waals surface area contributed by atoms with E-state index in [1.54, 1.807) is 12.4 Å². The fourth-order valence-corrected chi connectivity index (χ4v) is 1.89. The molecule has 1 aliphatic heterocycles. The maximum absolute atomic E-state index is 4.28. The van der Waals surface area contributed by atoms with Crippen LogP contribution in [-0.4, -0.2) is 29.1 Å². The predicted octanol–water partition coefficient (Wildman–Crippen LogP) is 1.30. The molecule has 1 saturated heterocycles. The molecule has 1 aliphatic rings. The average Bonchev–Trinajstić information content (AvgIpc) is 2.80. The second kappa shape index (κ2) is 6.78. The number of rotatable bonds is 4. The fraction of sp³-hybridized carbons (Fsp3) is 0.636. The largest absolute Gasteiger partial charge is 0.313 e. The molecular formula is C11H19ClN4. The lowest BCUT2D eigenvalue weighted by Crippen LogP contribution is -2.35. The van der Waals surface area contributed by atoms with Crippen molar-refractivity contribution in [2.24, 2.45) is 0 Å². The van der Waals surface area contributed by atoms with Crippen LogP contribution in [0.2, 0.25) is 0 Å². The molecule has 1 aromatic rings. The highest BCUT2D eigenvalue weighted by Gasteiger charge is 2.15. The number of hydrogen-bond acceptors (Lipinski definition) is 4. The molecule has 2 N–H and O–H groups in total. The van der Waals surface area contributed by atoms with E-state index in [0.29, 0.717) is 6.04 Å². The molecule has 0 bridgehead atoms. The molecule has 0 radical (unpaired) electrons. The molecule has 0 aromatic carbocycles. The van der Waals surface area contributed by atoms with Gasteiger partial charge < -0.3 is 10.6 Å². The van der Waals surface area contributed by atoms with Crippen molar-refractivity contribution in [1.29, 1.82) is 0 Å². The number of hydrogen-bond donors (Lipinski definition) is 2. The van der Waals surface area contributed by atoms with E-state index >= 15 is 0 Å². The molecule has 0 aliphatic carbocycles. The summed E-state index contributed by atoms with van der Waals surface area (Å²) in [5, 5.41) is 6.94. The first-order valence-corrected chi connectivity index (χ1v) is 5.59. The molecule has 2 rings (SSSR count). The standard InChI is InChI=1S/C11H18N4.ClH/c1-9(11-8-12-5-6-14-11)15-7-10-3-2-4-13-10;/h5-6,8-10,13,15H,2-4,7H2,1H3;1H. The van der Waals surface area contributed by atoms with Crippen molar-refractivity contribution in [3.63, 3.8) is 0 Å². The first-order valence-electron chi connectivity index (χ1n) is 5.59. The number of aromatic nitrogens is 2.